The van der Waals surface area contributed by atoms with Crippen LogP contribution in [-0.4, -0.2) is 42.1 Å². The van der Waals surface area contributed by atoms with Crippen LogP contribution in [0.25, 0.3) is 0 Å². The Bertz CT molecular complexity index is 406. The van der Waals surface area contributed by atoms with Crippen LogP contribution in [0, 0.1) is 0 Å². The van der Waals surface area contributed by atoms with Gasteiger partial charge in [-0.25, -0.2) is 0 Å². The third-order valence-corrected chi connectivity index (χ3v) is 3.13. The lowest BCUT2D eigenvalue weighted by Gasteiger charge is -2.21. The molecule has 4 nitrogen and oxygen atoms in total. The molecule has 1 atom stereocenters. The Hall–Kier alpha value is -0.910. The Labute approximate surface area is 122 Å². The van der Waals surface area contributed by atoms with E-state index in [1.54, 1.807) is 0 Å². The topological polar surface area (TPSA) is 52.6 Å². The number of nitrogens with zero attached hydrogens (tertiary/aromatic N) is 1. The van der Waals surface area contributed by atoms with Crippen molar-refractivity contribution < 1.29 is 9.90 Å². The third-order valence-electron chi connectivity index (χ3n) is 2.60. The van der Waals surface area contributed by atoms with E-state index in [1.807, 2.05) is 50.1 Å². The summed E-state index contributed by atoms with van der Waals surface area (Å²) < 4.78 is 0.980. The fourth-order valence-electron chi connectivity index (χ4n) is 1.76. The second kappa shape index (κ2) is 7.62. The van der Waals surface area contributed by atoms with E-state index in [0.717, 1.165) is 10.0 Å². The average molecular weight is 329 g/mol. The van der Waals surface area contributed by atoms with Crippen LogP contribution in [0.1, 0.15) is 25.5 Å². The van der Waals surface area contributed by atoms with Crippen LogP contribution in [0.2, 0.25) is 0 Å². The molecule has 2 N–H and O–H groups in total. The summed E-state index contributed by atoms with van der Waals surface area (Å²) in [6.07, 6.45) is -0.593. The van der Waals surface area contributed by atoms with Gasteiger partial charge in [-0.3, -0.25) is 9.69 Å². The molecule has 1 aromatic rings. The van der Waals surface area contributed by atoms with Gasteiger partial charge < -0.3 is 10.4 Å². The Morgan fingerprint density at radius 2 is 1.95 bits per heavy atom. The van der Waals surface area contributed by atoms with Crippen molar-refractivity contribution in [2.24, 2.45) is 0 Å². The molecule has 106 valence electrons. The third kappa shape index (κ3) is 6.18. The summed E-state index contributed by atoms with van der Waals surface area (Å²) in [6.45, 7) is 4.56. The van der Waals surface area contributed by atoms with Crippen molar-refractivity contribution in [3.8, 4) is 0 Å². The predicted molar refractivity (Wildman–Crippen MR) is 79.9 cm³/mol. The Morgan fingerprint density at radius 1 is 1.37 bits per heavy atom. The van der Waals surface area contributed by atoms with Crippen molar-refractivity contribution in [1.82, 2.24) is 10.2 Å². The average Bonchev–Trinajstić information content (AvgIpc) is 2.27. The second-order valence-corrected chi connectivity index (χ2v) is 5.90. The summed E-state index contributed by atoms with van der Waals surface area (Å²) in [4.78, 5) is 13.4. The number of likely N-dealkylation sites (N-methyl/N-ethyl adjacent to an activating group) is 1. The number of aliphatic hydroxyl groups excluding tert-OH is 1. The number of hydrogen-bond donors (Lipinski definition) is 2. The molecule has 0 aromatic heterocycles. The maximum Gasteiger partial charge on any atom is 0.234 e. The molecule has 0 bridgehead atoms. The fraction of sp³-hybridized carbons (Fsp3) is 0.500. The van der Waals surface area contributed by atoms with Gasteiger partial charge in [0.05, 0.1) is 12.6 Å². The van der Waals surface area contributed by atoms with Gasteiger partial charge in [0.15, 0.2) is 0 Å². The van der Waals surface area contributed by atoms with Gasteiger partial charge in [0, 0.05) is 17.1 Å². The molecular weight excluding hydrogens is 308 g/mol. The first kappa shape index (κ1) is 16.1. The molecular formula is C14H21BrN2O2. The van der Waals surface area contributed by atoms with Crippen LogP contribution in [-0.2, 0) is 4.79 Å². The summed E-state index contributed by atoms with van der Waals surface area (Å²) >= 11 is 3.36. The Balaban J connectivity index is 2.45. The molecule has 0 saturated carbocycles. The van der Waals surface area contributed by atoms with Crippen molar-refractivity contribution in [3.05, 3.63) is 34.3 Å². The number of halogens is 1. The van der Waals surface area contributed by atoms with Gasteiger partial charge in [0.1, 0.15) is 0 Å². The lowest BCUT2D eigenvalue weighted by Crippen LogP contribution is -2.39. The maximum atomic E-state index is 11.6. The molecule has 0 aliphatic carbocycles. The summed E-state index contributed by atoms with van der Waals surface area (Å²) in [6, 6.07) is 7.67. The molecule has 1 unspecified atom stereocenters. The van der Waals surface area contributed by atoms with E-state index < -0.39 is 6.10 Å². The van der Waals surface area contributed by atoms with E-state index in [0.29, 0.717) is 6.54 Å². The van der Waals surface area contributed by atoms with Crippen molar-refractivity contribution in [2.45, 2.75) is 26.0 Å². The lowest BCUT2D eigenvalue weighted by atomic mass is 10.1. The molecule has 0 spiro atoms. The van der Waals surface area contributed by atoms with Crippen LogP contribution in [0.4, 0.5) is 0 Å². The standard InChI is InChI=1S/C14H21BrN2O2/c1-10(2)16-14(19)9-17(3)8-13(18)11-4-6-12(15)7-5-11/h4-7,10,13,18H,8-9H2,1-3H3,(H,16,19). The fourth-order valence-corrected chi connectivity index (χ4v) is 2.03. The minimum Gasteiger partial charge on any atom is -0.387 e. The predicted octanol–water partition coefficient (Wildman–Crippen LogP) is 1.94. The molecule has 1 rings (SSSR count). The molecule has 0 saturated heterocycles. The van der Waals surface area contributed by atoms with Gasteiger partial charge in [-0.2, -0.15) is 0 Å². The van der Waals surface area contributed by atoms with Crippen molar-refractivity contribution >= 4 is 21.8 Å². The lowest BCUT2D eigenvalue weighted by molar-refractivity contribution is -0.122. The highest BCUT2D eigenvalue weighted by molar-refractivity contribution is 9.10. The smallest absolute Gasteiger partial charge is 0.234 e. The van der Waals surface area contributed by atoms with E-state index in [2.05, 4.69) is 21.2 Å². The largest absolute Gasteiger partial charge is 0.387 e. The van der Waals surface area contributed by atoms with E-state index in [4.69, 9.17) is 0 Å². The first-order chi connectivity index (χ1) is 8.88. The first-order valence-corrected chi connectivity index (χ1v) is 7.09. The zero-order chi connectivity index (χ0) is 14.4. The molecule has 0 fully saturated rings. The SMILES string of the molecule is CC(C)NC(=O)CN(C)CC(O)c1ccc(Br)cc1. The van der Waals surface area contributed by atoms with Crippen LogP contribution < -0.4 is 5.32 Å². The van der Waals surface area contributed by atoms with E-state index in [9.17, 15) is 9.90 Å². The molecule has 0 aliphatic heterocycles. The number of hydrogen-bond acceptors (Lipinski definition) is 3. The Morgan fingerprint density at radius 3 is 2.47 bits per heavy atom. The normalized spacial score (nSPS) is 12.8. The van der Waals surface area contributed by atoms with Gasteiger partial charge in [-0.05, 0) is 38.6 Å². The number of carbonyl (C=O) groups excluding carboxylic acids is 1. The van der Waals surface area contributed by atoms with Gasteiger partial charge >= 0.3 is 0 Å². The summed E-state index contributed by atoms with van der Waals surface area (Å²) in [5, 5.41) is 12.9. The first-order valence-electron chi connectivity index (χ1n) is 6.30. The minimum atomic E-state index is -0.593. The van der Waals surface area contributed by atoms with Gasteiger partial charge in [0.25, 0.3) is 0 Å². The molecule has 0 aliphatic rings. The van der Waals surface area contributed by atoms with E-state index >= 15 is 0 Å². The highest BCUT2D eigenvalue weighted by Gasteiger charge is 2.13. The minimum absolute atomic E-state index is 0.0273. The molecule has 5 heteroatoms. The number of carbonyl (C=O) groups is 1. The van der Waals surface area contributed by atoms with Gasteiger partial charge in [0.2, 0.25) is 5.91 Å². The zero-order valence-corrected chi connectivity index (χ0v) is 13.1. The number of amides is 1. The van der Waals surface area contributed by atoms with E-state index in [-0.39, 0.29) is 18.5 Å². The van der Waals surface area contributed by atoms with Gasteiger partial charge in [-0.1, -0.05) is 28.1 Å². The number of nitrogens with one attached hydrogen (secondary N) is 1. The zero-order valence-electron chi connectivity index (χ0n) is 11.6. The van der Waals surface area contributed by atoms with Crippen LogP contribution in [0.15, 0.2) is 28.7 Å². The Kier molecular flexibility index (Phi) is 6.48. The van der Waals surface area contributed by atoms with Crippen LogP contribution in [0.5, 0.6) is 0 Å². The number of aliphatic hydroxyl groups is 1. The molecule has 19 heavy (non-hydrogen) atoms. The molecule has 1 amide bonds. The summed E-state index contributed by atoms with van der Waals surface area (Å²) in [5.74, 6) is -0.0273. The van der Waals surface area contributed by atoms with Crippen LogP contribution >= 0.6 is 15.9 Å². The summed E-state index contributed by atoms with van der Waals surface area (Å²) in [7, 11) is 1.82. The van der Waals surface area contributed by atoms with Crippen molar-refractivity contribution in [3.63, 3.8) is 0 Å². The highest BCUT2D eigenvalue weighted by atomic mass is 79.9. The molecule has 1 aromatic carbocycles. The van der Waals surface area contributed by atoms with Gasteiger partial charge in [-0.15, -0.1) is 0 Å². The molecule has 0 heterocycles. The van der Waals surface area contributed by atoms with Crippen molar-refractivity contribution in [2.75, 3.05) is 20.1 Å². The number of benzene rings is 1. The second-order valence-electron chi connectivity index (χ2n) is 4.99. The van der Waals surface area contributed by atoms with Crippen molar-refractivity contribution in [1.29, 1.82) is 0 Å². The van der Waals surface area contributed by atoms with Crippen LogP contribution in [0.3, 0.4) is 0 Å². The molecule has 0 radical (unpaired) electrons. The maximum absolute atomic E-state index is 11.6. The van der Waals surface area contributed by atoms with E-state index in [1.165, 1.54) is 0 Å². The number of rotatable bonds is 6. The monoisotopic (exact) mass is 328 g/mol. The highest BCUT2D eigenvalue weighted by Crippen LogP contribution is 2.17. The summed E-state index contributed by atoms with van der Waals surface area (Å²) in [5.41, 5.74) is 0.847. The quantitative estimate of drug-likeness (QED) is 0.839.